The number of fused-ring (bicyclic) bond motifs is 1. The molecule has 1 aliphatic carbocycles. The fourth-order valence-corrected chi connectivity index (χ4v) is 4.52. The van der Waals surface area contributed by atoms with Crippen LogP contribution in [0.15, 0.2) is 18.2 Å². The fraction of sp³-hybridized carbons (Fsp3) is 0.625. The Morgan fingerprint density at radius 1 is 1.23 bits per heavy atom. The number of hydrogen-bond acceptors (Lipinski definition) is 3. The number of carboxylic acid groups (broad SMARTS) is 1. The van der Waals surface area contributed by atoms with Gasteiger partial charge in [-0.3, -0.25) is 4.79 Å². The van der Waals surface area contributed by atoms with Gasteiger partial charge in [-0.2, -0.15) is 0 Å². The van der Waals surface area contributed by atoms with E-state index in [0.717, 1.165) is 29.7 Å². The molecule has 1 amide bonds. The molecule has 0 bridgehead atoms. The zero-order valence-corrected chi connectivity index (χ0v) is 18.6. The summed E-state index contributed by atoms with van der Waals surface area (Å²) in [5, 5.41) is 12.1. The highest BCUT2D eigenvalue weighted by Gasteiger charge is 2.24. The number of aliphatic carboxylic acids is 1. The van der Waals surface area contributed by atoms with Crippen molar-refractivity contribution < 1.29 is 14.7 Å². The first kappa shape index (κ1) is 22.3. The van der Waals surface area contributed by atoms with Crippen LogP contribution < -0.4 is 5.32 Å². The second kappa shape index (κ2) is 9.63. The number of nitrogens with zero attached hydrogens (tertiary/aromatic N) is 2. The van der Waals surface area contributed by atoms with Crippen LogP contribution >= 0.6 is 0 Å². The lowest BCUT2D eigenvalue weighted by molar-refractivity contribution is -0.139. The minimum absolute atomic E-state index is 0.179. The lowest BCUT2D eigenvalue weighted by atomic mass is 10.0. The summed E-state index contributed by atoms with van der Waals surface area (Å²) >= 11 is 0. The van der Waals surface area contributed by atoms with E-state index in [9.17, 15) is 14.7 Å². The minimum atomic E-state index is -1.00. The average molecular weight is 414 g/mol. The van der Waals surface area contributed by atoms with Gasteiger partial charge in [-0.1, -0.05) is 46.5 Å². The average Bonchev–Trinajstić information content (AvgIpc) is 3.33. The van der Waals surface area contributed by atoms with E-state index in [1.807, 2.05) is 19.9 Å². The molecule has 30 heavy (non-hydrogen) atoms. The molecule has 1 aliphatic rings. The highest BCUT2D eigenvalue weighted by atomic mass is 16.4. The van der Waals surface area contributed by atoms with Crippen LogP contribution in [-0.2, 0) is 11.2 Å². The number of aromatic nitrogens is 2. The smallest absolute Gasteiger partial charge is 0.326 e. The molecule has 164 valence electrons. The van der Waals surface area contributed by atoms with Gasteiger partial charge in [0.2, 0.25) is 0 Å². The van der Waals surface area contributed by atoms with Gasteiger partial charge >= 0.3 is 5.97 Å². The molecule has 2 N–H and O–H groups in total. The second-order valence-corrected chi connectivity index (χ2v) is 9.21. The number of rotatable bonds is 9. The van der Waals surface area contributed by atoms with E-state index in [4.69, 9.17) is 4.98 Å². The van der Waals surface area contributed by atoms with E-state index in [2.05, 4.69) is 23.7 Å². The summed E-state index contributed by atoms with van der Waals surface area (Å²) in [5.74, 6) is 0.614. The number of benzene rings is 1. The van der Waals surface area contributed by atoms with Crippen LogP contribution in [0.5, 0.6) is 0 Å². The first-order valence-corrected chi connectivity index (χ1v) is 11.3. The van der Waals surface area contributed by atoms with Crippen molar-refractivity contribution in [1.29, 1.82) is 0 Å². The number of carbonyl (C=O) groups is 2. The number of amides is 1. The molecule has 1 saturated carbocycles. The van der Waals surface area contributed by atoms with Crippen molar-refractivity contribution in [3.05, 3.63) is 29.6 Å². The maximum absolute atomic E-state index is 12.7. The Bertz CT molecular complexity index is 896. The molecule has 3 rings (SSSR count). The van der Waals surface area contributed by atoms with Gasteiger partial charge in [-0.05, 0) is 49.8 Å². The fourth-order valence-electron chi connectivity index (χ4n) is 4.52. The predicted octanol–water partition coefficient (Wildman–Crippen LogP) is 4.97. The van der Waals surface area contributed by atoms with Crippen LogP contribution in [0.3, 0.4) is 0 Å². The number of carbonyl (C=O) groups excluding carboxylic acids is 1. The van der Waals surface area contributed by atoms with Crippen LogP contribution in [-0.4, -0.2) is 32.6 Å². The third-order valence-corrected chi connectivity index (χ3v) is 6.31. The summed E-state index contributed by atoms with van der Waals surface area (Å²) in [4.78, 5) is 29.2. The van der Waals surface area contributed by atoms with Crippen LogP contribution in [0.25, 0.3) is 11.0 Å². The van der Waals surface area contributed by atoms with E-state index >= 15 is 0 Å². The van der Waals surface area contributed by atoms with Crippen molar-refractivity contribution in [3.8, 4) is 0 Å². The predicted molar refractivity (Wildman–Crippen MR) is 119 cm³/mol. The normalized spacial score (nSPS) is 16.8. The lowest BCUT2D eigenvalue weighted by Crippen LogP contribution is -2.41. The topological polar surface area (TPSA) is 84.2 Å². The number of hydrogen-bond donors (Lipinski definition) is 2. The Labute approximate surface area is 179 Å². The SMILES string of the molecule is CC[C@H](C)n1c(CC2CCCC2)nc2cc(C(=O)NC(CC(C)C)C(=O)O)ccc21. The standard InChI is InChI=1S/C24H35N3O3/c1-5-16(4)27-21-11-10-18(23(28)26-20(24(29)30)12-15(2)3)14-19(21)25-22(27)13-17-8-6-7-9-17/h10-11,14-17,20H,5-9,12-13H2,1-4H3,(H,26,28)(H,29,30)/t16-,20?/m0/s1. The highest BCUT2D eigenvalue weighted by Crippen LogP contribution is 2.31. The summed E-state index contributed by atoms with van der Waals surface area (Å²) in [6.07, 6.45) is 7.54. The Morgan fingerprint density at radius 2 is 1.93 bits per heavy atom. The molecule has 2 aromatic rings. The van der Waals surface area contributed by atoms with E-state index in [1.165, 1.54) is 25.7 Å². The minimum Gasteiger partial charge on any atom is -0.480 e. The van der Waals surface area contributed by atoms with Gasteiger partial charge in [-0.25, -0.2) is 9.78 Å². The summed E-state index contributed by atoms with van der Waals surface area (Å²) in [6, 6.07) is 5.00. The molecule has 1 unspecified atom stereocenters. The van der Waals surface area contributed by atoms with Crippen molar-refractivity contribution in [1.82, 2.24) is 14.9 Å². The summed E-state index contributed by atoms with van der Waals surface area (Å²) in [5.41, 5.74) is 2.32. The van der Waals surface area contributed by atoms with E-state index < -0.39 is 12.0 Å². The quantitative estimate of drug-likeness (QED) is 0.608. The van der Waals surface area contributed by atoms with Crippen molar-refractivity contribution in [3.63, 3.8) is 0 Å². The molecule has 0 spiro atoms. The van der Waals surface area contributed by atoms with Crippen LogP contribution in [0.1, 0.15) is 88.4 Å². The molecule has 1 fully saturated rings. The number of carboxylic acids is 1. The lowest BCUT2D eigenvalue weighted by Gasteiger charge is -2.18. The van der Waals surface area contributed by atoms with Gasteiger partial charge < -0.3 is 15.0 Å². The first-order chi connectivity index (χ1) is 14.3. The van der Waals surface area contributed by atoms with Crippen LogP contribution in [0.2, 0.25) is 0 Å². The van der Waals surface area contributed by atoms with Crippen LogP contribution in [0.4, 0.5) is 0 Å². The second-order valence-electron chi connectivity index (χ2n) is 9.21. The molecule has 0 aliphatic heterocycles. The Balaban J connectivity index is 1.89. The summed E-state index contributed by atoms with van der Waals surface area (Å²) < 4.78 is 2.33. The van der Waals surface area contributed by atoms with Gasteiger partial charge in [-0.15, -0.1) is 0 Å². The Kier molecular flexibility index (Phi) is 7.16. The molecule has 0 radical (unpaired) electrons. The third-order valence-electron chi connectivity index (χ3n) is 6.31. The zero-order valence-electron chi connectivity index (χ0n) is 18.6. The van der Waals surface area contributed by atoms with E-state index in [1.54, 1.807) is 12.1 Å². The van der Waals surface area contributed by atoms with E-state index in [-0.39, 0.29) is 11.8 Å². The summed E-state index contributed by atoms with van der Waals surface area (Å²) in [7, 11) is 0. The largest absolute Gasteiger partial charge is 0.480 e. The molecular weight excluding hydrogens is 378 g/mol. The van der Waals surface area contributed by atoms with Crippen molar-refractivity contribution in [2.24, 2.45) is 11.8 Å². The molecule has 6 nitrogen and oxygen atoms in total. The van der Waals surface area contributed by atoms with Gasteiger partial charge in [0.1, 0.15) is 11.9 Å². The first-order valence-electron chi connectivity index (χ1n) is 11.3. The third kappa shape index (κ3) is 5.02. The molecule has 2 atom stereocenters. The van der Waals surface area contributed by atoms with E-state index in [0.29, 0.717) is 23.9 Å². The van der Waals surface area contributed by atoms with Gasteiger partial charge in [0, 0.05) is 18.0 Å². The molecule has 0 saturated heterocycles. The van der Waals surface area contributed by atoms with Crippen molar-refractivity contribution >= 4 is 22.9 Å². The maximum atomic E-state index is 12.7. The molecular formula is C24H35N3O3. The van der Waals surface area contributed by atoms with Crippen molar-refractivity contribution in [2.45, 2.75) is 84.7 Å². The van der Waals surface area contributed by atoms with Gasteiger partial charge in [0.05, 0.1) is 11.0 Å². The van der Waals surface area contributed by atoms with Gasteiger partial charge in [0.15, 0.2) is 0 Å². The monoisotopic (exact) mass is 413 g/mol. The number of imidazole rings is 1. The maximum Gasteiger partial charge on any atom is 0.326 e. The summed E-state index contributed by atoms with van der Waals surface area (Å²) in [6.45, 7) is 8.28. The molecule has 1 aromatic heterocycles. The molecule has 6 heteroatoms. The zero-order chi connectivity index (χ0) is 21.8. The molecule has 1 aromatic carbocycles. The van der Waals surface area contributed by atoms with Crippen molar-refractivity contribution in [2.75, 3.05) is 0 Å². The Hall–Kier alpha value is -2.37. The highest BCUT2D eigenvalue weighted by molar-refractivity contribution is 5.99. The Morgan fingerprint density at radius 3 is 2.53 bits per heavy atom. The molecule has 1 heterocycles. The number of nitrogens with one attached hydrogen (secondary N) is 1. The van der Waals surface area contributed by atoms with Gasteiger partial charge in [0.25, 0.3) is 5.91 Å². The van der Waals surface area contributed by atoms with Crippen LogP contribution in [0, 0.1) is 11.8 Å².